The van der Waals surface area contributed by atoms with Crippen molar-refractivity contribution < 1.29 is 4.74 Å². The predicted molar refractivity (Wildman–Crippen MR) is 85.8 cm³/mol. The number of nitrogens with two attached hydrogens (primary N) is 1. The second kappa shape index (κ2) is 6.19. The molecule has 21 heavy (non-hydrogen) atoms. The van der Waals surface area contributed by atoms with Crippen molar-refractivity contribution in [1.82, 2.24) is 0 Å². The normalized spacial score (nSPS) is 10.2. The highest BCUT2D eigenvalue weighted by atomic mass is 16.5. The molecule has 0 unspecified atom stereocenters. The molecule has 108 valence electrons. The Kier molecular flexibility index (Phi) is 4.34. The van der Waals surface area contributed by atoms with Crippen LogP contribution in [-0.4, -0.2) is 13.2 Å². The second-order valence-corrected chi connectivity index (χ2v) is 5.08. The lowest BCUT2D eigenvalue weighted by Gasteiger charge is -2.22. The van der Waals surface area contributed by atoms with Crippen LogP contribution in [0, 0.1) is 11.3 Å². The maximum Gasteiger partial charge on any atom is 0.144 e. The predicted octanol–water partition coefficient (Wildman–Crippen LogP) is 3.70. The molecule has 0 saturated heterocycles. The Bertz CT molecular complexity index is 674. The van der Waals surface area contributed by atoms with E-state index in [9.17, 15) is 5.26 Å². The summed E-state index contributed by atoms with van der Waals surface area (Å²) in [4.78, 5) is 1.95. The number of ether oxygens (including phenoxy) is 1. The summed E-state index contributed by atoms with van der Waals surface area (Å²) >= 11 is 0. The molecule has 0 aliphatic rings. The molecule has 0 radical (unpaired) electrons. The molecule has 0 fully saturated rings. The lowest BCUT2D eigenvalue weighted by molar-refractivity contribution is 0.244. The number of rotatable bonds is 4. The van der Waals surface area contributed by atoms with Gasteiger partial charge in [-0.3, -0.25) is 0 Å². The van der Waals surface area contributed by atoms with Crippen molar-refractivity contribution in [3.63, 3.8) is 0 Å². The van der Waals surface area contributed by atoms with Crippen LogP contribution in [0.5, 0.6) is 5.75 Å². The van der Waals surface area contributed by atoms with Gasteiger partial charge in [0.05, 0.1) is 23.0 Å². The summed E-state index contributed by atoms with van der Waals surface area (Å²) in [6, 6.07) is 15.3. The topological polar surface area (TPSA) is 62.3 Å². The average Bonchev–Trinajstić information content (AvgIpc) is 2.48. The van der Waals surface area contributed by atoms with Gasteiger partial charge < -0.3 is 15.4 Å². The van der Waals surface area contributed by atoms with Gasteiger partial charge in [0, 0.05) is 18.8 Å². The van der Waals surface area contributed by atoms with Crippen molar-refractivity contribution in [3.05, 3.63) is 48.0 Å². The Hall–Kier alpha value is -2.67. The Morgan fingerprint density at radius 3 is 2.57 bits per heavy atom. The van der Waals surface area contributed by atoms with Crippen molar-refractivity contribution in [1.29, 1.82) is 5.26 Å². The van der Waals surface area contributed by atoms with Crippen LogP contribution in [0.4, 0.5) is 17.1 Å². The van der Waals surface area contributed by atoms with Gasteiger partial charge in [-0.1, -0.05) is 12.1 Å². The number of anilines is 3. The van der Waals surface area contributed by atoms with Gasteiger partial charge >= 0.3 is 0 Å². The molecule has 0 aliphatic carbocycles. The first kappa shape index (κ1) is 14.7. The highest BCUT2D eigenvalue weighted by molar-refractivity contribution is 5.72. The van der Waals surface area contributed by atoms with Crippen LogP contribution < -0.4 is 15.4 Å². The van der Waals surface area contributed by atoms with E-state index in [1.807, 2.05) is 62.2 Å². The smallest absolute Gasteiger partial charge is 0.144 e. The standard InChI is InChI=1S/C17H19N3O/c1-12(2)21-17-10-14(8-9-15(17)19)20(3)16-7-5-4-6-13(16)11-18/h4-10,12H,19H2,1-3H3. The van der Waals surface area contributed by atoms with E-state index >= 15 is 0 Å². The highest BCUT2D eigenvalue weighted by Crippen LogP contribution is 2.32. The largest absolute Gasteiger partial charge is 0.489 e. The van der Waals surface area contributed by atoms with Crippen molar-refractivity contribution in [2.45, 2.75) is 20.0 Å². The van der Waals surface area contributed by atoms with Crippen molar-refractivity contribution in [2.75, 3.05) is 17.7 Å². The lowest BCUT2D eigenvalue weighted by Crippen LogP contribution is -2.12. The number of hydrogen-bond donors (Lipinski definition) is 1. The molecule has 4 nitrogen and oxygen atoms in total. The summed E-state index contributed by atoms with van der Waals surface area (Å²) in [5.74, 6) is 0.656. The summed E-state index contributed by atoms with van der Waals surface area (Å²) in [6.07, 6.45) is 0.0549. The van der Waals surface area contributed by atoms with E-state index in [1.54, 1.807) is 6.07 Å². The molecule has 4 heteroatoms. The molecule has 0 aromatic heterocycles. The van der Waals surface area contributed by atoms with E-state index < -0.39 is 0 Å². The zero-order valence-corrected chi connectivity index (χ0v) is 12.5. The fourth-order valence-corrected chi connectivity index (χ4v) is 2.09. The monoisotopic (exact) mass is 281 g/mol. The summed E-state index contributed by atoms with van der Waals surface area (Å²) in [7, 11) is 1.92. The van der Waals surface area contributed by atoms with Gasteiger partial charge in [0.1, 0.15) is 11.8 Å². The summed E-state index contributed by atoms with van der Waals surface area (Å²) < 4.78 is 5.71. The molecular formula is C17H19N3O. The molecule has 0 amide bonds. The van der Waals surface area contributed by atoms with Crippen LogP contribution >= 0.6 is 0 Å². The second-order valence-electron chi connectivity index (χ2n) is 5.08. The maximum atomic E-state index is 9.21. The van der Waals surface area contributed by atoms with E-state index in [-0.39, 0.29) is 6.10 Å². The Labute approximate surface area is 125 Å². The molecule has 2 aromatic rings. The van der Waals surface area contributed by atoms with Crippen LogP contribution in [0.15, 0.2) is 42.5 Å². The number of hydrogen-bond acceptors (Lipinski definition) is 4. The Balaban J connectivity index is 2.40. The minimum atomic E-state index is 0.0549. The first-order chi connectivity index (χ1) is 10.0. The van der Waals surface area contributed by atoms with E-state index in [0.29, 0.717) is 17.0 Å². The minimum Gasteiger partial charge on any atom is -0.489 e. The van der Waals surface area contributed by atoms with Gasteiger partial charge in [0.2, 0.25) is 0 Å². The van der Waals surface area contributed by atoms with Crippen molar-refractivity contribution in [3.8, 4) is 11.8 Å². The fraction of sp³-hybridized carbons (Fsp3) is 0.235. The lowest BCUT2D eigenvalue weighted by atomic mass is 10.1. The number of benzene rings is 2. The third-order valence-corrected chi connectivity index (χ3v) is 3.13. The molecule has 0 spiro atoms. The van der Waals surface area contributed by atoms with Crippen LogP contribution in [0.3, 0.4) is 0 Å². The average molecular weight is 281 g/mol. The fourth-order valence-electron chi connectivity index (χ4n) is 2.09. The van der Waals surface area contributed by atoms with E-state index in [1.165, 1.54) is 0 Å². The van der Waals surface area contributed by atoms with Gasteiger partial charge in [0.15, 0.2) is 0 Å². The van der Waals surface area contributed by atoms with Gasteiger partial charge in [-0.2, -0.15) is 5.26 Å². The van der Waals surface area contributed by atoms with Crippen molar-refractivity contribution in [2.24, 2.45) is 0 Å². The van der Waals surface area contributed by atoms with Crippen molar-refractivity contribution >= 4 is 17.1 Å². The number of nitrogens with zero attached hydrogens (tertiary/aromatic N) is 2. The third-order valence-electron chi connectivity index (χ3n) is 3.13. The van der Waals surface area contributed by atoms with Gasteiger partial charge in [-0.15, -0.1) is 0 Å². The van der Waals surface area contributed by atoms with Crippen LogP contribution in [0.1, 0.15) is 19.4 Å². The molecule has 2 aromatic carbocycles. The van der Waals surface area contributed by atoms with Crippen LogP contribution in [0.25, 0.3) is 0 Å². The van der Waals surface area contributed by atoms with E-state index in [0.717, 1.165) is 11.4 Å². The summed E-state index contributed by atoms with van der Waals surface area (Å²) in [5.41, 5.74) is 8.94. The van der Waals surface area contributed by atoms with Crippen LogP contribution in [0.2, 0.25) is 0 Å². The minimum absolute atomic E-state index is 0.0549. The Morgan fingerprint density at radius 2 is 1.90 bits per heavy atom. The molecular weight excluding hydrogens is 262 g/mol. The maximum absolute atomic E-state index is 9.21. The molecule has 2 rings (SSSR count). The van der Waals surface area contributed by atoms with E-state index in [4.69, 9.17) is 10.5 Å². The zero-order valence-electron chi connectivity index (χ0n) is 12.5. The third kappa shape index (κ3) is 3.26. The molecule has 0 aliphatic heterocycles. The quantitative estimate of drug-likeness (QED) is 0.868. The molecule has 0 atom stereocenters. The first-order valence-electron chi connectivity index (χ1n) is 6.82. The van der Waals surface area contributed by atoms with Gasteiger partial charge in [0.25, 0.3) is 0 Å². The van der Waals surface area contributed by atoms with Gasteiger partial charge in [-0.05, 0) is 38.1 Å². The number of nitriles is 1. The molecule has 2 N–H and O–H groups in total. The summed E-state index contributed by atoms with van der Waals surface area (Å²) in [6.45, 7) is 3.92. The molecule has 0 saturated carbocycles. The number of nitrogen functional groups attached to an aromatic ring is 1. The van der Waals surface area contributed by atoms with Gasteiger partial charge in [-0.25, -0.2) is 0 Å². The Morgan fingerprint density at radius 1 is 1.19 bits per heavy atom. The first-order valence-corrected chi connectivity index (χ1v) is 6.82. The summed E-state index contributed by atoms with van der Waals surface area (Å²) in [5, 5.41) is 9.21. The molecule has 0 heterocycles. The highest BCUT2D eigenvalue weighted by Gasteiger charge is 2.11. The SMILES string of the molecule is CC(C)Oc1cc(N(C)c2ccccc2C#N)ccc1N. The molecule has 0 bridgehead atoms. The zero-order chi connectivity index (χ0) is 15.4. The van der Waals surface area contributed by atoms with Crippen LogP contribution in [-0.2, 0) is 0 Å². The van der Waals surface area contributed by atoms with E-state index in [2.05, 4.69) is 6.07 Å². The number of para-hydroxylation sites is 1.